The van der Waals surface area contributed by atoms with Crippen LogP contribution in [0, 0.1) is 11.3 Å². The van der Waals surface area contributed by atoms with Gasteiger partial charge in [-0.05, 0) is 12.3 Å². The Morgan fingerprint density at radius 1 is 1.20 bits per heavy atom. The minimum Gasteiger partial charge on any atom is -0.330 e. The molecular formula is C12H23F2N. The van der Waals surface area contributed by atoms with Crippen molar-refractivity contribution in [2.45, 2.75) is 58.3 Å². The molecule has 1 nitrogen and oxygen atoms in total. The van der Waals surface area contributed by atoms with E-state index in [1.54, 1.807) is 6.92 Å². The quantitative estimate of drug-likeness (QED) is 0.719. The summed E-state index contributed by atoms with van der Waals surface area (Å²) in [6.07, 6.45) is 5.48. The topological polar surface area (TPSA) is 26.0 Å². The molecule has 0 saturated heterocycles. The Labute approximate surface area is 91.4 Å². The highest BCUT2D eigenvalue weighted by molar-refractivity contribution is 4.82. The van der Waals surface area contributed by atoms with Crippen LogP contribution in [0.5, 0.6) is 0 Å². The van der Waals surface area contributed by atoms with Crippen molar-refractivity contribution in [2.75, 3.05) is 6.54 Å². The molecule has 0 bridgehead atoms. The van der Waals surface area contributed by atoms with Gasteiger partial charge in [-0.2, -0.15) is 0 Å². The number of hydrogen-bond donors (Lipinski definition) is 1. The molecule has 90 valence electrons. The molecule has 1 rings (SSSR count). The molecule has 0 aromatic carbocycles. The zero-order chi connectivity index (χ0) is 11.3. The first-order chi connectivity index (χ1) is 7.08. The minimum atomic E-state index is -2.29. The van der Waals surface area contributed by atoms with E-state index >= 15 is 0 Å². The highest BCUT2D eigenvalue weighted by Crippen LogP contribution is 2.37. The fraction of sp³-hybridized carbons (Fsp3) is 1.00. The summed E-state index contributed by atoms with van der Waals surface area (Å²) >= 11 is 0. The maximum atomic E-state index is 12.9. The maximum Gasteiger partial charge on any atom is 0.245 e. The monoisotopic (exact) mass is 219 g/mol. The molecule has 3 heteroatoms. The lowest BCUT2D eigenvalue weighted by Gasteiger charge is -2.31. The first-order valence-electron chi connectivity index (χ1n) is 6.07. The van der Waals surface area contributed by atoms with Crippen molar-refractivity contribution in [3.63, 3.8) is 0 Å². The van der Waals surface area contributed by atoms with Crippen LogP contribution in [0.1, 0.15) is 51.9 Å². The number of alkyl halides is 2. The van der Waals surface area contributed by atoms with E-state index in [0.717, 1.165) is 12.8 Å². The zero-order valence-electron chi connectivity index (χ0n) is 9.64. The van der Waals surface area contributed by atoms with Crippen molar-refractivity contribution in [3.8, 4) is 0 Å². The summed E-state index contributed by atoms with van der Waals surface area (Å²) in [5.41, 5.74) is 4.52. The second kappa shape index (κ2) is 5.78. The normalized spacial score (nSPS) is 23.8. The average molecular weight is 219 g/mol. The average Bonchev–Trinajstić information content (AvgIpc) is 2.46. The SMILES string of the molecule is CC(CN)(CC1CCCCCC1)C(F)F. The Bertz CT molecular complexity index is 176. The van der Waals surface area contributed by atoms with E-state index in [2.05, 4.69) is 0 Å². The van der Waals surface area contributed by atoms with Gasteiger partial charge in [0.25, 0.3) is 0 Å². The van der Waals surface area contributed by atoms with Crippen molar-refractivity contribution in [2.24, 2.45) is 17.1 Å². The summed E-state index contributed by atoms with van der Waals surface area (Å²) in [7, 11) is 0. The van der Waals surface area contributed by atoms with Gasteiger partial charge in [-0.3, -0.25) is 0 Å². The van der Waals surface area contributed by atoms with Crippen molar-refractivity contribution < 1.29 is 8.78 Å². The van der Waals surface area contributed by atoms with Crippen LogP contribution >= 0.6 is 0 Å². The summed E-state index contributed by atoms with van der Waals surface area (Å²) in [5, 5.41) is 0. The molecule has 1 aliphatic carbocycles. The van der Waals surface area contributed by atoms with Gasteiger partial charge < -0.3 is 5.73 Å². The molecule has 0 heterocycles. The second-order valence-electron chi connectivity index (χ2n) is 5.22. The van der Waals surface area contributed by atoms with Crippen LogP contribution in [-0.2, 0) is 0 Å². The van der Waals surface area contributed by atoms with Crippen LogP contribution in [0.3, 0.4) is 0 Å². The second-order valence-corrected chi connectivity index (χ2v) is 5.22. The summed E-state index contributed by atoms with van der Waals surface area (Å²) in [6, 6.07) is 0. The molecule has 0 radical (unpaired) electrons. The third-order valence-corrected chi connectivity index (χ3v) is 3.72. The lowest BCUT2D eigenvalue weighted by atomic mass is 9.78. The molecule has 15 heavy (non-hydrogen) atoms. The largest absolute Gasteiger partial charge is 0.330 e. The van der Waals surface area contributed by atoms with Crippen molar-refractivity contribution >= 4 is 0 Å². The molecule has 0 aliphatic heterocycles. The Hall–Kier alpha value is -0.180. The summed E-state index contributed by atoms with van der Waals surface area (Å²) in [5.74, 6) is 0.468. The van der Waals surface area contributed by atoms with Gasteiger partial charge in [0.2, 0.25) is 6.43 Å². The van der Waals surface area contributed by atoms with E-state index < -0.39 is 11.8 Å². The number of halogens is 2. The first kappa shape index (κ1) is 12.9. The van der Waals surface area contributed by atoms with Crippen LogP contribution in [0.15, 0.2) is 0 Å². The third-order valence-electron chi connectivity index (χ3n) is 3.72. The fourth-order valence-corrected chi connectivity index (χ4v) is 2.49. The van der Waals surface area contributed by atoms with Crippen LogP contribution in [0.25, 0.3) is 0 Å². The third kappa shape index (κ3) is 3.71. The van der Waals surface area contributed by atoms with E-state index in [-0.39, 0.29) is 6.54 Å². The lowest BCUT2D eigenvalue weighted by Crippen LogP contribution is -2.36. The van der Waals surface area contributed by atoms with Crippen molar-refractivity contribution in [3.05, 3.63) is 0 Å². The number of rotatable bonds is 4. The predicted octanol–water partition coefficient (Wildman–Crippen LogP) is 3.58. The standard InChI is InChI=1S/C12H23F2N/c1-12(9-15,11(13)14)8-10-6-4-2-3-5-7-10/h10-11H,2-9,15H2,1H3. The Kier molecular flexibility index (Phi) is 4.97. The summed E-state index contributed by atoms with van der Waals surface area (Å²) < 4.78 is 25.7. The van der Waals surface area contributed by atoms with Crippen molar-refractivity contribution in [1.29, 1.82) is 0 Å². The molecule has 1 atom stereocenters. The molecule has 1 saturated carbocycles. The van der Waals surface area contributed by atoms with E-state index in [0.29, 0.717) is 12.3 Å². The first-order valence-corrected chi connectivity index (χ1v) is 6.07. The molecule has 1 fully saturated rings. The molecule has 0 aromatic heterocycles. The van der Waals surface area contributed by atoms with Gasteiger partial charge in [0.05, 0.1) is 0 Å². The van der Waals surface area contributed by atoms with Crippen LogP contribution in [0.2, 0.25) is 0 Å². The molecule has 0 amide bonds. The molecule has 1 aliphatic rings. The van der Waals surface area contributed by atoms with Gasteiger partial charge in [0.1, 0.15) is 0 Å². The highest BCUT2D eigenvalue weighted by atomic mass is 19.3. The predicted molar refractivity (Wildman–Crippen MR) is 59.0 cm³/mol. The molecular weight excluding hydrogens is 196 g/mol. The van der Waals surface area contributed by atoms with Crippen LogP contribution < -0.4 is 5.73 Å². The molecule has 1 unspecified atom stereocenters. The number of nitrogens with two attached hydrogens (primary N) is 1. The molecule has 0 spiro atoms. The molecule has 2 N–H and O–H groups in total. The van der Waals surface area contributed by atoms with Gasteiger partial charge >= 0.3 is 0 Å². The number of hydrogen-bond acceptors (Lipinski definition) is 1. The molecule has 0 aromatic rings. The van der Waals surface area contributed by atoms with E-state index in [9.17, 15) is 8.78 Å². The van der Waals surface area contributed by atoms with E-state index in [4.69, 9.17) is 5.73 Å². The Morgan fingerprint density at radius 3 is 2.13 bits per heavy atom. The zero-order valence-corrected chi connectivity index (χ0v) is 9.64. The highest BCUT2D eigenvalue weighted by Gasteiger charge is 2.35. The van der Waals surface area contributed by atoms with Gasteiger partial charge in [-0.25, -0.2) is 8.78 Å². The van der Waals surface area contributed by atoms with Crippen LogP contribution in [-0.4, -0.2) is 13.0 Å². The fourth-order valence-electron chi connectivity index (χ4n) is 2.49. The Morgan fingerprint density at radius 2 is 1.73 bits per heavy atom. The van der Waals surface area contributed by atoms with E-state index in [1.807, 2.05) is 0 Å². The van der Waals surface area contributed by atoms with Crippen LogP contribution in [0.4, 0.5) is 8.78 Å². The smallest absolute Gasteiger partial charge is 0.245 e. The summed E-state index contributed by atoms with van der Waals surface area (Å²) in [4.78, 5) is 0. The van der Waals surface area contributed by atoms with Crippen molar-refractivity contribution in [1.82, 2.24) is 0 Å². The van der Waals surface area contributed by atoms with Gasteiger partial charge in [0, 0.05) is 12.0 Å². The minimum absolute atomic E-state index is 0.0984. The van der Waals surface area contributed by atoms with Gasteiger partial charge in [-0.1, -0.05) is 45.4 Å². The summed E-state index contributed by atoms with van der Waals surface area (Å²) in [6.45, 7) is 1.73. The lowest BCUT2D eigenvalue weighted by molar-refractivity contribution is -0.00485. The Balaban J connectivity index is 2.49. The van der Waals surface area contributed by atoms with Gasteiger partial charge in [-0.15, -0.1) is 0 Å². The maximum absolute atomic E-state index is 12.9. The van der Waals surface area contributed by atoms with Gasteiger partial charge in [0.15, 0.2) is 0 Å². The van der Waals surface area contributed by atoms with E-state index in [1.165, 1.54) is 25.7 Å².